The summed E-state index contributed by atoms with van der Waals surface area (Å²) in [6.45, 7) is 4.07. The van der Waals surface area contributed by atoms with Crippen LogP contribution in [0.3, 0.4) is 0 Å². The van der Waals surface area contributed by atoms with Gasteiger partial charge in [-0.1, -0.05) is 18.6 Å². The smallest absolute Gasteiger partial charge is 0.326 e. The molecule has 1 aliphatic heterocycles. The number of amides is 1. The Hall–Kier alpha value is -2.04. The summed E-state index contributed by atoms with van der Waals surface area (Å²) in [5, 5.41) is 19.2. The van der Waals surface area contributed by atoms with Gasteiger partial charge in [-0.05, 0) is 37.8 Å². The van der Waals surface area contributed by atoms with Gasteiger partial charge in [0.1, 0.15) is 11.8 Å². The second kappa shape index (κ2) is 5.53. The van der Waals surface area contributed by atoms with Crippen LogP contribution in [0.2, 0.25) is 0 Å². The number of carboxylic acid groups (broad SMARTS) is 1. The Bertz CT molecular complexity index is 541. The van der Waals surface area contributed by atoms with Crippen LogP contribution < -0.4 is 0 Å². The number of carbonyl (C=O) groups is 2. The van der Waals surface area contributed by atoms with E-state index in [-0.39, 0.29) is 17.2 Å². The molecule has 108 valence electrons. The molecule has 2 rings (SSSR count). The van der Waals surface area contributed by atoms with E-state index in [2.05, 4.69) is 0 Å². The Morgan fingerprint density at radius 2 is 2.05 bits per heavy atom. The van der Waals surface area contributed by atoms with Crippen molar-refractivity contribution in [2.75, 3.05) is 6.54 Å². The van der Waals surface area contributed by atoms with Crippen LogP contribution in [-0.4, -0.2) is 39.6 Å². The van der Waals surface area contributed by atoms with Gasteiger partial charge in [0.05, 0.1) is 5.56 Å². The highest BCUT2D eigenvalue weighted by Crippen LogP contribution is 2.28. The number of rotatable bonds is 2. The van der Waals surface area contributed by atoms with Crippen LogP contribution in [0.25, 0.3) is 0 Å². The van der Waals surface area contributed by atoms with E-state index in [1.54, 1.807) is 12.1 Å². The van der Waals surface area contributed by atoms with Crippen molar-refractivity contribution < 1.29 is 19.8 Å². The minimum absolute atomic E-state index is 0.0860. The van der Waals surface area contributed by atoms with Crippen molar-refractivity contribution in [3.05, 3.63) is 29.3 Å². The maximum absolute atomic E-state index is 12.5. The molecule has 2 N–H and O–H groups in total. The number of aryl methyl sites for hydroxylation is 1. The first-order valence-electron chi connectivity index (χ1n) is 6.75. The van der Waals surface area contributed by atoms with Crippen LogP contribution >= 0.6 is 0 Å². The highest BCUT2D eigenvalue weighted by Gasteiger charge is 2.37. The van der Waals surface area contributed by atoms with Crippen LogP contribution in [-0.2, 0) is 4.79 Å². The number of aliphatic carboxylic acids is 1. The number of hydrogen-bond donors (Lipinski definition) is 2. The van der Waals surface area contributed by atoms with Gasteiger partial charge in [0.15, 0.2) is 0 Å². The SMILES string of the molecule is Cc1ccc(O)c(C(=O)N2CCCC(C)C2C(=O)O)c1. The standard InChI is InChI=1S/C15H19NO4/c1-9-5-6-12(17)11(8-9)14(18)16-7-3-4-10(2)13(16)15(19)20/h5-6,8,10,13,17H,3-4,7H2,1-2H3,(H,19,20). The van der Waals surface area contributed by atoms with Crippen molar-refractivity contribution in [2.45, 2.75) is 32.7 Å². The fourth-order valence-corrected chi connectivity index (χ4v) is 2.77. The van der Waals surface area contributed by atoms with E-state index < -0.39 is 17.9 Å². The highest BCUT2D eigenvalue weighted by atomic mass is 16.4. The summed E-state index contributed by atoms with van der Waals surface area (Å²) in [4.78, 5) is 25.3. The molecule has 1 amide bonds. The van der Waals surface area contributed by atoms with Gasteiger partial charge in [0, 0.05) is 6.54 Å². The van der Waals surface area contributed by atoms with Crippen LogP contribution in [0, 0.1) is 12.8 Å². The van der Waals surface area contributed by atoms with E-state index in [0.717, 1.165) is 18.4 Å². The van der Waals surface area contributed by atoms with E-state index >= 15 is 0 Å². The molecule has 1 aliphatic rings. The molecule has 0 saturated carbocycles. The van der Waals surface area contributed by atoms with E-state index in [0.29, 0.717) is 6.54 Å². The molecule has 0 spiro atoms. The number of likely N-dealkylation sites (tertiary alicyclic amines) is 1. The quantitative estimate of drug-likeness (QED) is 0.867. The number of nitrogens with zero attached hydrogens (tertiary/aromatic N) is 1. The number of hydrogen-bond acceptors (Lipinski definition) is 3. The molecule has 1 saturated heterocycles. The van der Waals surface area contributed by atoms with Gasteiger partial charge in [-0.3, -0.25) is 4.79 Å². The van der Waals surface area contributed by atoms with Crippen LogP contribution in [0.15, 0.2) is 18.2 Å². The number of aromatic hydroxyl groups is 1. The Kier molecular flexibility index (Phi) is 3.97. The first-order chi connectivity index (χ1) is 9.41. The predicted octanol–water partition coefficient (Wildman–Crippen LogP) is 2.03. The largest absolute Gasteiger partial charge is 0.507 e. The van der Waals surface area contributed by atoms with Crippen LogP contribution in [0.5, 0.6) is 5.75 Å². The summed E-state index contributed by atoms with van der Waals surface area (Å²) in [6.07, 6.45) is 1.57. The Labute approximate surface area is 117 Å². The zero-order valence-electron chi connectivity index (χ0n) is 11.7. The number of carboxylic acids is 1. The minimum Gasteiger partial charge on any atom is -0.507 e. The molecule has 0 aromatic heterocycles. The number of phenols is 1. The molecule has 1 heterocycles. The molecule has 1 aromatic rings. The normalized spacial score (nSPS) is 22.6. The molecule has 1 aromatic carbocycles. The molecule has 20 heavy (non-hydrogen) atoms. The molecule has 0 aliphatic carbocycles. The van der Waals surface area contributed by atoms with Crippen molar-refractivity contribution in [3.8, 4) is 5.75 Å². The van der Waals surface area contributed by atoms with Gasteiger partial charge >= 0.3 is 5.97 Å². The lowest BCUT2D eigenvalue weighted by molar-refractivity contribution is -0.145. The lowest BCUT2D eigenvalue weighted by atomic mass is 9.90. The van der Waals surface area contributed by atoms with Crippen molar-refractivity contribution in [1.82, 2.24) is 4.90 Å². The molecular weight excluding hydrogens is 258 g/mol. The summed E-state index contributed by atoms with van der Waals surface area (Å²) in [5.74, 6) is -1.59. The summed E-state index contributed by atoms with van der Waals surface area (Å²) < 4.78 is 0. The predicted molar refractivity (Wildman–Crippen MR) is 73.7 cm³/mol. The average molecular weight is 277 g/mol. The van der Waals surface area contributed by atoms with E-state index in [4.69, 9.17) is 0 Å². The zero-order valence-corrected chi connectivity index (χ0v) is 11.7. The number of carbonyl (C=O) groups excluding carboxylic acids is 1. The molecule has 1 fully saturated rings. The molecule has 2 atom stereocenters. The van der Waals surface area contributed by atoms with Crippen molar-refractivity contribution >= 4 is 11.9 Å². The lowest BCUT2D eigenvalue weighted by Gasteiger charge is -2.37. The molecule has 2 unspecified atom stereocenters. The first kappa shape index (κ1) is 14.4. The van der Waals surface area contributed by atoms with Gasteiger partial charge in [0.25, 0.3) is 5.91 Å². The monoisotopic (exact) mass is 277 g/mol. The maximum Gasteiger partial charge on any atom is 0.326 e. The maximum atomic E-state index is 12.5. The summed E-state index contributed by atoms with van der Waals surface area (Å²) in [6, 6.07) is 3.94. The van der Waals surface area contributed by atoms with E-state index in [9.17, 15) is 19.8 Å². The number of piperidine rings is 1. The van der Waals surface area contributed by atoms with Gasteiger partial charge in [0.2, 0.25) is 0 Å². The number of benzene rings is 1. The third-order valence-corrected chi connectivity index (χ3v) is 3.83. The first-order valence-corrected chi connectivity index (χ1v) is 6.75. The van der Waals surface area contributed by atoms with Gasteiger partial charge in [-0.2, -0.15) is 0 Å². The zero-order chi connectivity index (χ0) is 14.9. The third kappa shape index (κ3) is 2.61. The molecule has 5 heteroatoms. The Morgan fingerprint density at radius 1 is 1.35 bits per heavy atom. The molecule has 5 nitrogen and oxygen atoms in total. The second-order valence-electron chi connectivity index (χ2n) is 5.42. The lowest BCUT2D eigenvalue weighted by Crippen LogP contribution is -2.51. The molecule has 0 bridgehead atoms. The summed E-state index contributed by atoms with van der Waals surface area (Å²) in [5.41, 5.74) is 1.02. The fourth-order valence-electron chi connectivity index (χ4n) is 2.77. The summed E-state index contributed by atoms with van der Waals surface area (Å²) in [7, 11) is 0. The van der Waals surface area contributed by atoms with Crippen molar-refractivity contribution in [3.63, 3.8) is 0 Å². The molecular formula is C15H19NO4. The molecule has 0 radical (unpaired) electrons. The van der Waals surface area contributed by atoms with Crippen LogP contribution in [0.1, 0.15) is 35.7 Å². The van der Waals surface area contributed by atoms with Crippen molar-refractivity contribution in [2.24, 2.45) is 5.92 Å². The number of phenolic OH excluding ortho intramolecular Hbond substituents is 1. The van der Waals surface area contributed by atoms with Crippen LogP contribution in [0.4, 0.5) is 0 Å². The Balaban J connectivity index is 2.35. The Morgan fingerprint density at radius 3 is 2.70 bits per heavy atom. The topological polar surface area (TPSA) is 77.8 Å². The van der Waals surface area contributed by atoms with Gasteiger partial charge in [-0.25, -0.2) is 4.79 Å². The third-order valence-electron chi connectivity index (χ3n) is 3.83. The van der Waals surface area contributed by atoms with Gasteiger partial charge in [-0.15, -0.1) is 0 Å². The van der Waals surface area contributed by atoms with E-state index in [1.165, 1.54) is 11.0 Å². The van der Waals surface area contributed by atoms with Gasteiger partial charge < -0.3 is 15.1 Å². The average Bonchev–Trinajstić information content (AvgIpc) is 2.40. The minimum atomic E-state index is -0.988. The highest BCUT2D eigenvalue weighted by molar-refractivity contribution is 5.99. The fraction of sp³-hybridized carbons (Fsp3) is 0.467. The van der Waals surface area contributed by atoms with Crippen molar-refractivity contribution in [1.29, 1.82) is 0 Å². The summed E-state index contributed by atoms with van der Waals surface area (Å²) >= 11 is 0. The van der Waals surface area contributed by atoms with E-state index in [1.807, 2.05) is 13.8 Å². The second-order valence-corrected chi connectivity index (χ2v) is 5.42.